The fourth-order valence-electron chi connectivity index (χ4n) is 3.41. The van der Waals surface area contributed by atoms with Gasteiger partial charge in [-0.2, -0.15) is 5.10 Å². The molecule has 0 aliphatic heterocycles. The van der Waals surface area contributed by atoms with Crippen LogP contribution in [0, 0.1) is 19.8 Å². The lowest BCUT2D eigenvalue weighted by Crippen LogP contribution is -2.48. The number of nitrogens with zero attached hydrogens (tertiary/aromatic N) is 2. The second-order valence-corrected chi connectivity index (χ2v) is 7.87. The summed E-state index contributed by atoms with van der Waals surface area (Å²) in [6.07, 6.45) is 1.66. The monoisotopic (exact) mass is 404 g/mol. The smallest absolute Gasteiger partial charge is 0.262 e. The molecule has 0 saturated carbocycles. The van der Waals surface area contributed by atoms with Crippen molar-refractivity contribution in [2.24, 2.45) is 18.1 Å². The molecule has 0 aliphatic rings. The molecular formula is C24H28N4O2. The lowest BCUT2D eigenvalue weighted by Gasteiger charge is -2.20. The highest BCUT2D eigenvalue weighted by Gasteiger charge is 2.24. The highest BCUT2D eigenvalue weighted by molar-refractivity contribution is 6.01. The van der Waals surface area contributed by atoms with E-state index in [4.69, 9.17) is 0 Å². The van der Waals surface area contributed by atoms with E-state index in [1.54, 1.807) is 18.3 Å². The fraction of sp³-hybridized carbons (Fsp3) is 0.292. The topological polar surface area (TPSA) is 75.5 Å². The summed E-state index contributed by atoms with van der Waals surface area (Å²) in [5.41, 5.74) is 7.30. The van der Waals surface area contributed by atoms with Crippen LogP contribution < -0.4 is 10.7 Å². The molecule has 30 heavy (non-hydrogen) atoms. The van der Waals surface area contributed by atoms with Gasteiger partial charge in [0.15, 0.2) is 0 Å². The molecule has 3 rings (SSSR count). The minimum atomic E-state index is -0.690. The van der Waals surface area contributed by atoms with Gasteiger partial charge in [-0.15, -0.1) is 0 Å². The molecule has 2 aromatic carbocycles. The number of hydrazone groups is 1. The fourth-order valence-corrected chi connectivity index (χ4v) is 3.41. The SMILES string of the molecule is Cc1ccc(C(=O)NC(C(=O)N/N=C\c2c(C)n(C)c3ccccc23)C(C)C)cc1. The first-order valence-electron chi connectivity index (χ1n) is 10.0. The van der Waals surface area contributed by atoms with Crippen LogP contribution in [0.4, 0.5) is 0 Å². The van der Waals surface area contributed by atoms with E-state index in [0.29, 0.717) is 5.56 Å². The number of hydrogen-bond donors (Lipinski definition) is 2. The summed E-state index contributed by atoms with van der Waals surface area (Å²) in [6.45, 7) is 7.75. The molecule has 1 atom stereocenters. The molecule has 0 aliphatic carbocycles. The van der Waals surface area contributed by atoms with E-state index in [2.05, 4.69) is 20.4 Å². The highest BCUT2D eigenvalue weighted by atomic mass is 16.2. The lowest BCUT2D eigenvalue weighted by molar-refractivity contribution is -0.123. The van der Waals surface area contributed by atoms with Crippen molar-refractivity contribution >= 4 is 28.9 Å². The minimum absolute atomic E-state index is 0.0890. The van der Waals surface area contributed by atoms with Crippen LogP contribution in [0.15, 0.2) is 53.6 Å². The number of hydrogen-bond acceptors (Lipinski definition) is 3. The van der Waals surface area contributed by atoms with Crippen molar-refractivity contribution in [3.05, 3.63) is 70.9 Å². The number of amides is 2. The van der Waals surface area contributed by atoms with E-state index >= 15 is 0 Å². The van der Waals surface area contributed by atoms with E-state index in [0.717, 1.165) is 27.7 Å². The molecule has 0 spiro atoms. The molecule has 0 radical (unpaired) electrons. The number of benzene rings is 2. The zero-order valence-electron chi connectivity index (χ0n) is 18.1. The molecule has 1 aromatic heterocycles. The van der Waals surface area contributed by atoms with Gasteiger partial charge < -0.3 is 9.88 Å². The van der Waals surface area contributed by atoms with Gasteiger partial charge in [0.05, 0.1) is 6.21 Å². The van der Waals surface area contributed by atoms with Crippen molar-refractivity contribution in [2.45, 2.75) is 33.7 Å². The highest BCUT2D eigenvalue weighted by Crippen LogP contribution is 2.23. The first-order chi connectivity index (χ1) is 14.3. The molecule has 156 valence electrons. The molecule has 0 bridgehead atoms. The van der Waals surface area contributed by atoms with Crippen LogP contribution >= 0.6 is 0 Å². The maximum atomic E-state index is 12.7. The number of carbonyl (C=O) groups is 2. The Bertz CT molecular complexity index is 1090. The molecular weight excluding hydrogens is 376 g/mol. The zero-order chi connectivity index (χ0) is 21.8. The first-order valence-corrected chi connectivity index (χ1v) is 10.0. The predicted molar refractivity (Wildman–Crippen MR) is 121 cm³/mol. The van der Waals surface area contributed by atoms with Crippen molar-refractivity contribution in [1.82, 2.24) is 15.3 Å². The Kier molecular flexibility index (Phi) is 6.35. The number of fused-ring (bicyclic) bond motifs is 1. The van der Waals surface area contributed by atoms with Crippen LogP contribution in [0.25, 0.3) is 10.9 Å². The molecule has 2 N–H and O–H groups in total. The molecule has 6 nitrogen and oxygen atoms in total. The van der Waals surface area contributed by atoms with Crippen LogP contribution in [0.2, 0.25) is 0 Å². The maximum Gasteiger partial charge on any atom is 0.262 e. The van der Waals surface area contributed by atoms with Crippen molar-refractivity contribution in [1.29, 1.82) is 0 Å². The van der Waals surface area contributed by atoms with Gasteiger partial charge >= 0.3 is 0 Å². The second kappa shape index (κ2) is 8.95. The van der Waals surface area contributed by atoms with Crippen LogP contribution in [-0.4, -0.2) is 28.6 Å². The van der Waals surface area contributed by atoms with Crippen molar-refractivity contribution in [3.63, 3.8) is 0 Å². The van der Waals surface area contributed by atoms with Gasteiger partial charge in [0.2, 0.25) is 0 Å². The van der Waals surface area contributed by atoms with E-state index in [1.165, 1.54) is 0 Å². The van der Waals surface area contributed by atoms with Crippen LogP contribution in [0.5, 0.6) is 0 Å². The Balaban J connectivity index is 1.72. The standard InChI is InChI=1S/C24H28N4O2/c1-15(2)22(26-23(29)18-12-10-16(3)11-13-18)24(30)27-25-14-20-17(4)28(5)21-9-7-6-8-19(20)21/h6-15,22H,1-5H3,(H,26,29)(H,27,30)/b25-14-. The third-order valence-corrected chi connectivity index (χ3v) is 5.37. The van der Waals surface area contributed by atoms with Gasteiger partial charge in [0.1, 0.15) is 6.04 Å². The van der Waals surface area contributed by atoms with Crippen molar-refractivity contribution in [3.8, 4) is 0 Å². The zero-order valence-corrected chi connectivity index (χ0v) is 18.1. The largest absolute Gasteiger partial charge is 0.347 e. The summed E-state index contributed by atoms with van der Waals surface area (Å²) in [7, 11) is 2.00. The third-order valence-electron chi connectivity index (χ3n) is 5.37. The minimum Gasteiger partial charge on any atom is -0.347 e. The van der Waals surface area contributed by atoms with E-state index in [1.807, 2.05) is 71.1 Å². The molecule has 0 fully saturated rings. The van der Waals surface area contributed by atoms with Gasteiger partial charge in [-0.25, -0.2) is 5.43 Å². The third kappa shape index (κ3) is 4.43. The van der Waals surface area contributed by atoms with Gasteiger partial charge in [-0.1, -0.05) is 49.7 Å². The van der Waals surface area contributed by atoms with E-state index < -0.39 is 6.04 Å². The number of aryl methyl sites for hydroxylation is 2. The van der Waals surface area contributed by atoms with Crippen molar-refractivity contribution in [2.75, 3.05) is 0 Å². The summed E-state index contributed by atoms with van der Waals surface area (Å²) in [5, 5.41) is 8.06. The Hall–Kier alpha value is -3.41. The Morgan fingerprint density at radius 1 is 1.03 bits per heavy atom. The van der Waals surface area contributed by atoms with Gasteiger partial charge in [0, 0.05) is 34.8 Å². The molecule has 1 unspecified atom stereocenters. The average molecular weight is 405 g/mol. The molecule has 1 heterocycles. The van der Waals surface area contributed by atoms with Gasteiger partial charge in [0.25, 0.3) is 11.8 Å². The summed E-state index contributed by atoms with van der Waals surface area (Å²) in [6, 6.07) is 14.6. The van der Waals surface area contributed by atoms with E-state index in [-0.39, 0.29) is 17.7 Å². The van der Waals surface area contributed by atoms with Crippen LogP contribution in [0.1, 0.15) is 41.0 Å². The Morgan fingerprint density at radius 2 is 1.70 bits per heavy atom. The Morgan fingerprint density at radius 3 is 2.37 bits per heavy atom. The number of carbonyl (C=O) groups excluding carboxylic acids is 2. The molecule has 3 aromatic rings. The number of aromatic nitrogens is 1. The average Bonchev–Trinajstić information content (AvgIpc) is 2.97. The molecule has 6 heteroatoms. The summed E-state index contributed by atoms with van der Waals surface area (Å²) in [4.78, 5) is 25.2. The quantitative estimate of drug-likeness (QED) is 0.486. The van der Waals surface area contributed by atoms with Gasteiger partial charge in [-0.05, 0) is 38.0 Å². The second-order valence-electron chi connectivity index (χ2n) is 7.87. The van der Waals surface area contributed by atoms with Gasteiger partial charge in [-0.3, -0.25) is 9.59 Å². The number of rotatable bonds is 6. The maximum absolute atomic E-state index is 12.7. The summed E-state index contributed by atoms with van der Waals surface area (Å²) >= 11 is 0. The molecule has 2 amide bonds. The summed E-state index contributed by atoms with van der Waals surface area (Å²) in [5.74, 6) is -0.716. The molecule has 0 saturated heterocycles. The van der Waals surface area contributed by atoms with E-state index in [9.17, 15) is 9.59 Å². The lowest BCUT2D eigenvalue weighted by atomic mass is 10.0. The van der Waals surface area contributed by atoms with Crippen LogP contribution in [-0.2, 0) is 11.8 Å². The van der Waals surface area contributed by atoms with Crippen molar-refractivity contribution < 1.29 is 9.59 Å². The predicted octanol–water partition coefficient (Wildman–Crippen LogP) is 3.70. The van der Waals surface area contributed by atoms with Crippen LogP contribution in [0.3, 0.4) is 0 Å². The number of para-hydroxylation sites is 1. The number of nitrogens with one attached hydrogen (secondary N) is 2. The normalized spacial score (nSPS) is 12.5. The summed E-state index contributed by atoms with van der Waals surface area (Å²) < 4.78 is 2.09. The first kappa shape index (κ1) is 21.3. The Labute approximate surface area is 177 Å².